The second-order valence-corrected chi connectivity index (χ2v) is 7.64. The summed E-state index contributed by atoms with van der Waals surface area (Å²) in [7, 11) is 1.61. The second-order valence-electron chi connectivity index (χ2n) is 7.64. The van der Waals surface area contributed by atoms with Gasteiger partial charge >= 0.3 is 0 Å². The van der Waals surface area contributed by atoms with E-state index >= 15 is 0 Å². The molecule has 2 aromatic carbocycles. The number of aromatic nitrogens is 3. The number of benzene rings is 2. The van der Waals surface area contributed by atoms with Gasteiger partial charge in [-0.2, -0.15) is 5.10 Å². The van der Waals surface area contributed by atoms with E-state index in [2.05, 4.69) is 16.1 Å². The van der Waals surface area contributed by atoms with Crippen molar-refractivity contribution in [3.63, 3.8) is 0 Å². The molecule has 1 aliphatic heterocycles. The third-order valence-electron chi connectivity index (χ3n) is 5.77. The molecule has 0 saturated heterocycles. The fourth-order valence-corrected chi connectivity index (χ4v) is 4.09. The van der Waals surface area contributed by atoms with Gasteiger partial charge in [-0.1, -0.05) is 18.2 Å². The zero-order valence-electron chi connectivity index (χ0n) is 17.2. The number of methoxy groups -OCH3 is 1. The van der Waals surface area contributed by atoms with E-state index in [1.807, 2.05) is 42.5 Å². The number of hydrogen-bond acceptors (Lipinski definition) is 4. The fourth-order valence-electron chi connectivity index (χ4n) is 4.09. The number of fused-ring (bicyclic) bond motifs is 3. The summed E-state index contributed by atoms with van der Waals surface area (Å²) < 4.78 is 6.43. The van der Waals surface area contributed by atoms with Gasteiger partial charge in [0.15, 0.2) is 0 Å². The maximum atomic E-state index is 13.0. The van der Waals surface area contributed by atoms with Gasteiger partial charge in [-0.3, -0.25) is 9.59 Å². The molecule has 0 fully saturated rings. The first-order valence-corrected chi connectivity index (χ1v) is 10.2. The molecule has 156 valence electrons. The summed E-state index contributed by atoms with van der Waals surface area (Å²) in [4.78, 5) is 30.6. The van der Waals surface area contributed by atoms with E-state index in [-0.39, 0.29) is 18.0 Å². The van der Waals surface area contributed by atoms with E-state index in [1.54, 1.807) is 18.1 Å². The minimum absolute atomic E-state index is 0.0828. The molecule has 3 heterocycles. The van der Waals surface area contributed by atoms with Crippen LogP contribution in [0.15, 0.2) is 65.5 Å². The predicted octanol–water partition coefficient (Wildman–Crippen LogP) is 2.99. The number of nitrogens with zero attached hydrogens (tertiary/aromatic N) is 3. The van der Waals surface area contributed by atoms with Crippen LogP contribution in [0.2, 0.25) is 0 Å². The topological polar surface area (TPSA) is 80.2 Å². The highest BCUT2D eigenvalue weighted by atomic mass is 16.5. The summed E-state index contributed by atoms with van der Waals surface area (Å²) in [5, 5.41) is 5.57. The molecule has 0 saturated carbocycles. The number of amides is 1. The molecule has 31 heavy (non-hydrogen) atoms. The quantitative estimate of drug-likeness (QED) is 0.557. The van der Waals surface area contributed by atoms with Crippen molar-refractivity contribution in [3.05, 3.63) is 82.3 Å². The number of ether oxygens (including phenoxy) is 1. The van der Waals surface area contributed by atoms with Crippen LogP contribution < -0.4 is 10.3 Å². The monoisotopic (exact) mass is 414 g/mol. The van der Waals surface area contributed by atoms with E-state index in [0.29, 0.717) is 18.8 Å². The zero-order valence-corrected chi connectivity index (χ0v) is 17.2. The SMILES string of the molecule is COc1ccc(-c2ccc(=O)n(CC(=O)N3CCc4[nH]c5ccccc5c4C3)n2)cc1. The average Bonchev–Trinajstić information content (AvgIpc) is 3.18. The number of nitrogens with one attached hydrogen (secondary N) is 1. The Hall–Kier alpha value is -3.87. The molecule has 7 heteroatoms. The Balaban J connectivity index is 1.37. The molecule has 2 aromatic heterocycles. The number of H-pyrrole nitrogens is 1. The average molecular weight is 414 g/mol. The van der Waals surface area contributed by atoms with Gasteiger partial charge in [0.1, 0.15) is 12.3 Å². The smallest absolute Gasteiger partial charge is 0.267 e. The van der Waals surface area contributed by atoms with Crippen molar-refractivity contribution in [3.8, 4) is 17.0 Å². The summed E-state index contributed by atoms with van der Waals surface area (Å²) in [6.45, 7) is 1.07. The largest absolute Gasteiger partial charge is 0.497 e. The number of para-hydroxylation sites is 1. The van der Waals surface area contributed by atoms with Gasteiger partial charge in [-0.05, 0) is 36.4 Å². The lowest BCUT2D eigenvalue weighted by molar-refractivity contribution is -0.133. The van der Waals surface area contributed by atoms with Crippen LogP contribution in [0.1, 0.15) is 11.3 Å². The summed E-state index contributed by atoms with van der Waals surface area (Å²) in [5.41, 5.74) is 4.61. The summed E-state index contributed by atoms with van der Waals surface area (Å²) in [5.74, 6) is 0.631. The van der Waals surface area contributed by atoms with Crippen LogP contribution in [-0.4, -0.2) is 39.2 Å². The van der Waals surface area contributed by atoms with Crippen LogP contribution in [0.25, 0.3) is 22.2 Å². The van der Waals surface area contributed by atoms with Crippen molar-refractivity contribution in [2.45, 2.75) is 19.5 Å². The molecular weight excluding hydrogens is 392 g/mol. The number of aromatic amines is 1. The molecule has 0 spiro atoms. The number of carbonyl (C=O) groups is 1. The molecular formula is C24H22N4O3. The van der Waals surface area contributed by atoms with Crippen LogP contribution in [-0.2, 0) is 24.3 Å². The van der Waals surface area contributed by atoms with Gasteiger partial charge in [-0.25, -0.2) is 4.68 Å². The molecule has 4 aromatic rings. The summed E-state index contributed by atoms with van der Waals surface area (Å²) >= 11 is 0. The van der Waals surface area contributed by atoms with Crippen LogP contribution in [0.3, 0.4) is 0 Å². The van der Waals surface area contributed by atoms with Gasteiger partial charge < -0.3 is 14.6 Å². The van der Waals surface area contributed by atoms with Crippen molar-refractivity contribution in [1.29, 1.82) is 0 Å². The Morgan fingerprint density at radius 1 is 1.10 bits per heavy atom. The minimum atomic E-state index is -0.296. The zero-order chi connectivity index (χ0) is 21.4. The third-order valence-corrected chi connectivity index (χ3v) is 5.77. The highest BCUT2D eigenvalue weighted by Crippen LogP contribution is 2.27. The number of rotatable bonds is 4. The molecule has 1 aliphatic rings. The summed E-state index contributed by atoms with van der Waals surface area (Å²) in [6, 6.07) is 18.7. The molecule has 1 N–H and O–H groups in total. The molecule has 1 amide bonds. The van der Waals surface area contributed by atoms with Crippen LogP contribution >= 0.6 is 0 Å². The van der Waals surface area contributed by atoms with Gasteiger partial charge in [0.25, 0.3) is 5.56 Å². The normalized spacial score (nSPS) is 13.3. The number of carbonyl (C=O) groups excluding carboxylic acids is 1. The van der Waals surface area contributed by atoms with Gasteiger partial charge in [-0.15, -0.1) is 0 Å². The molecule has 7 nitrogen and oxygen atoms in total. The van der Waals surface area contributed by atoms with Crippen molar-refractivity contribution < 1.29 is 9.53 Å². The summed E-state index contributed by atoms with van der Waals surface area (Å²) in [6.07, 6.45) is 0.768. The molecule has 0 bridgehead atoms. The Bertz CT molecular complexity index is 1320. The van der Waals surface area contributed by atoms with E-state index in [4.69, 9.17) is 4.74 Å². The molecule has 0 aliphatic carbocycles. The van der Waals surface area contributed by atoms with Gasteiger partial charge in [0.05, 0.1) is 12.8 Å². The lowest BCUT2D eigenvalue weighted by Gasteiger charge is -2.27. The van der Waals surface area contributed by atoms with Gasteiger partial charge in [0, 0.05) is 53.3 Å². The Kier molecular flexibility index (Phi) is 4.78. The maximum absolute atomic E-state index is 13.0. The van der Waals surface area contributed by atoms with E-state index in [9.17, 15) is 9.59 Å². The lowest BCUT2D eigenvalue weighted by atomic mass is 10.0. The minimum Gasteiger partial charge on any atom is -0.497 e. The molecule has 5 rings (SSSR count). The van der Waals surface area contributed by atoms with Crippen LogP contribution in [0.4, 0.5) is 0 Å². The van der Waals surface area contributed by atoms with Crippen molar-refractivity contribution >= 4 is 16.8 Å². The highest BCUT2D eigenvalue weighted by Gasteiger charge is 2.24. The van der Waals surface area contributed by atoms with E-state index in [0.717, 1.165) is 34.2 Å². The number of hydrogen-bond donors (Lipinski definition) is 1. The molecule has 0 unspecified atom stereocenters. The van der Waals surface area contributed by atoms with Crippen molar-refractivity contribution in [2.75, 3.05) is 13.7 Å². The Morgan fingerprint density at radius 3 is 2.71 bits per heavy atom. The van der Waals surface area contributed by atoms with Crippen LogP contribution in [0, 0.1) is 0 Å². The first kappa shape index (κ1) is 19.1. The van der Waals surface area contributed by atoms with E-state index < -0.39 is 0 Å². The lowest BCUT2D eigenvalue weighted by Crippen LogP contribution is -2.40. The predicted molar refractivity (Wildman–Crippen MR) is 118 cm³/mol. The third kappa shape index (κ3) is 3.59. The maximum Gasteiger partial charge on any atom is 0.267 e. The molecule has 0 radical (unpaired) electrons. The standard InChI is InChI=1S/C24H22N4O3/c1-31-17-8-6-16(7-9-17)20-10-11-23(29)28(26-20)15-24(30)27-13-12-22-19(14-27)18-4-2-3-5-21(18)25-22/h2-11,25H,12-15H2,1H3. The van der Waals surface area contributed by atoms with Crippen molar-refractivity contribution in [2.24, 2.45) is 0 Å². The first-order chi connectivity index (χ1) is 15.1. The fraction of sp³-hybridized carbons (Fsp3) is 0.208. The highest BCUT2D eigenvalue weighted by molar-refractivity contribution is 5.86. The van der Waals surface area contributed by atoms with Crippen molar-refractivity contribution in [1.82, 2.24) is 19.7 Å². The van der Waals surface area contributed by atoms with Crippen LogP contribution in [0.5, 0.6) is 5.75 Å². The van der Waals surface area contributed by atoms with Gasteiger partial charge in [0.2, 0.25) is 5.91 Å². The second kappa shape index (κ2) is 7.75. The first-order valence-electron chi connectivity index (χ1n) is 10.2. The Morgan fingerprint density at radius 2 is 1.90 bits per heavy atom. The molecule has 0 atom stereocenters. The Labute approximate surface area is 178 Å². The van der Waals surface area contributed by atoms with E-state index in [1.165, 1.54) is 16.4 Å².